The summed E-state index contributed by atoms with van der Waals surface area (Å²) in [5.41, 5.74) is 2.14. The molecule has 2 N–H and O–H groups in total. The molecule has 27 heavy (non-hydrogen) atoms. The third kappa shape index (κ3) is 4.89. The fraction of sp³-hybridized carbons (Fsp3) is 0.222. The Bertz CT molecular complexity index is 938. The number of hydrogen-bond acceptors (Lipinski definition) is 7. The monoisotopic (exact) mass is 402 g/mol. The first-order valence-corrected chi connectivity index (χ1v) is 9.54. The molecule has 140 valence electrons. The molecule has 0 unspecified atom stereocenters. The summed E-state index contributed by atoms with van der Waals surface area (Å²) in [6, 6.07) is 9.13. The Labute approximate surface area is 165 Å². The maximum Gasteiger partial charge on any atom is 0.338 e. The molecule has 0 fully saturated rings. The van der Waals surface area contributed by atoms with Crippen molar-refractivity contribution < 1.29 is 14.1 Å². The highest BCUT2D eigenvalue weighted by atomic mass is 32.1. The van der Waals surface area contributed by atoms with Gasteiger partial charge in [0.15, 0.2) is 5.11 Å². The quantitative estimate of drug-likeness (QED) is 0.476. The van der Waals surface area contributed by atoms with Crippen LogP contribution in [-0.4, -0.2) is 27.8 Å². The van der Waals surface area contributed by atoms with Crippen LogP contribution in [-0.2, 0) is 11.3 Å². The number of nitrogens with zero attached hydrogens (tertiary/aromatic N) is 2. The van der Waals surface area contributed by atoms with Crippen molar-refractivity contribution >= 4 is 40.3 Å². The van der Waals surface area contributed by atoms with Crippen LogP contribution in [0.4, 0.5) is 5.69 Å². The summed E-state index contributed by atoms with van der Waals surface area (Å²) >= 11 is 6.86. The minimum absolute atomic E-state index is 0.292. The zero-order valence-electron chi connectivity index (χ0n) is 14.8. The molecule has 0 radical (unpaired) electrons. The topological polar surface area (TPSA) is 89.3 Å². The summed E-state index contributed by atoms with van der Waals surface area (Å²) in [6.45, 7) is 4.31. The van der Waals surface area contributed by atoms with Gasteiger partial charge in [-0.15, -0.1) is 11.3 Å². The molecule has 7 nitrogen and oxygen atoms in total. The van der Waals surface area contributed by atoms with Gasteiger partial charge in [0.2, 0.25) is 11.7 Å². The van der Waals surface area contributed by atoms with Crippen molar-refractivity contribution in [3.8, 4) is 10.7 Å². The molecule has 0 aliphatic rings. The Morgan fingerprint density at radius 3 is 2.96 bits per heavy atom. The van der Waals surface area contributed by atoms with E-state index in [-0.39, 0.29) is 5.97 Å². The molecule has 3 aromatic rings. The number of carbonyl (C=O) groups excluding carboxylic acids is 1. The Morgan fingerprint density at radius 1 is 1.37 bits per heavy atom. The largest absolute Gasteiger partial charge is 0.462 e. The number of carbonyl (C=O) groups is 1. The van der Waals surface area contributed by atoms with Crippen molar-refractivity contribution in [2.24, 2.45) is 0 Å². The molecule has 0 amide bonds. The number of aryl methyl sites for hydroxylation is 1. The minimum Gasteiger partial charge on any atom is -0.462 e. The summed E-state index contributed by atoms with van der Waals surface area (Å²) in [4.78, 5) is 17.1. The molecule has 1 aromatic carbocycles. The Morgan fingerprint density at radius 2 is 2.22 bits per heavy atom. The first kappa shape index (κ1) is 19.0. The van der Waals surface area contributed by atoms with Crippen LogP contribution in [0.3, 0.4) is 0 Å². The van der Waals surface area contributed by atoms with E-state index in [1.54, 1.807) is 30.4 Å². The van der Waals surface area contributed by atoms with E-state index >= 15 is 0 Å². The van der Waals surface area contributed by atoms with Gasteiger partial charge in [-0.25, -0.2) is 4.79 Å². The second kappa shape index (κ2) is 8.74. The molecular formula is C18H18N4O3S2. The lowest BCUT2D eigenvalue weighted by molar-refractivity contribution is 0.0526. The maximum absolute atomic E-state index is 11.9. The number of esters is 1. The van der Waals surface area contributed by atoms with Crippen molar-refractivity contribution in [3.05, 3.63) is 52.7 Å². The van der Waals surface area contributed by atoms with Crippen LogP contribution in [0, 0.1) is 6.92 Å². The van der Waals surface area contributed by atoms with Crippen LogP contribution in [0.2, 0.25) is 0 Å². The number of thiophene rings is 1. The van der Waals surface area contributed by atoms with Gasteiger partial charge >= 0.3 is 5.97 Å². The number of thiocarbonyl (C=S) groups is 1. The predicted octanol–water partition coefficient (Wildman–Crippen LogP) is 3.77. The van der Waals surface area contributed by atoms with Crippen LogP contribution in [0.15, 0.2) is 40.2 Å². The standard InChI is InChI=1S/C18H18N4O3S2/c1-3-24-17(23)12-7-6-11(2)13(9-12)20-18(26)19-10-15-21-16(22-25-15)14-5-4-8-27-14/h4-9H,3,10H2,1-2H3,(H2,19,20,26). The number of aromatic nitrogens is 2. The molecule has 0 aliphatic heterocycles. The Balaban J connectivity index is 1.59. The number of ether oxygens (including phenoxy) is 1. The molecule has 9 heteroatoms. The molecule has 2 heterocycles. The van der Waals surface area contributed by atoms with E-state index in [0.29, 0.717) is 35.5 Å². The highest BCUT2D eigenvalue weighted by molar-refractivity contribution is 7.80. The normalized spacial score (nSPS) is 10.4. The molecule has 2 aromatic heterocycles. The maximum atomic E-state index is 11.9. The summed E-state index contributed by atoms with van der Waals surface area (Å²) in [5.74, 6) is 0.615. The second-order valence-corrected chi connectivity index (χ2v) is 6.90. The summed E-state index contributed by atoms with van der Waals surface area (Å²) in [6.07, 6.45) is 0. The Hall–Kier alpha value is -2.78. The van der Waals surface area contributed by atoms with Gasteiger partial charge in [0.1, 0.15) is 0 Å². The predicted molar refractivity (Wildman–Crippen MR) is 108 cm³/mol. The molecule has 0 spiro atoms. The van der Waals surface area contributed by atoms with Gasteiger partial charge < -0.3 is 19.9 Å². The second-order valence-electron chi connectivity index (χ2n) is 5.55. The van der Waals surface area contributed by atoms with E-state index in [1.807, 2.05) is 30.5 Å². The van der Waals surface area contributed by atoms with E-state index in [1.165, 1.54) is 0 Å². The summed E-state index contributed by atoms with van der Waals surface area (Å²) in [7, 11) is 0. The van der Waals surface area contributed by atoms with Crippen molar-refractivity contribution in [2.45, 2.75) is 20.4 Å². The van der Waals surface area contributed by atoms with E-state index in [0.717, 1.165) is 16.1 Å². The fourth-order valence-electron chi connectivity index (χ4n) is 2.25. The average Bonchev–Trinajstić information content (AvgIpc) is 3.33. The SMILES string of the molecule is CCOC(=O)c1ccc(C)c(NC(=S)NCc2nc(-c3cccs3)no2)c1. The van der Waals surface area contributed by atoms with E-state index in [4.69, 9.17) is 21.5 Å². The van der Waals surface area contributed by atoms with Crippen molar-refractivity contribution in [3.63, 3.8) is 0 Å². The van der Waals surface area contributed by atoms with Crippen molar-refractivity contribution in [1.29, 1.82) is 0 Å². The van der Waals surface area contributed by atoms with Crippen LogP contribution in [0.5, 0.6) is 0 Å². The number of rotatable bonds is 6. The van der Waals surface area contributed by atoms with Crippen molar-refractivity contribution in [2.75, 3.05) is 11.9 Å². The number of nitrogens with one attached hydrogen (secondary N) is 2. The third-order valence-electron chi connectivity index (χ3n) is 3.61. The lowest BCUT2D eigenvalue weighted by atomic mass is 10.1. The Kier molecular flexibility index (Phi) is 6.15. The van der Waals surface area contributed by atoms with E-state index in [2.05, 4.69) is 20.8 Å². The first-order chi connectivity index (χ1) is 13.1. The zero-order chi connectivity index (χ0) is 19.2. The van der Waals surface area contributed by atoms with E-state index < -0.39 is 0 Å². The molecule has 0 saturated heterocycles. The van der Waals surface area contributed by atoms with Crippen LogP contribution in [0.1, 0.15) is 28.7 Å². The number of benzene rings is 1. The van der Waals surface area contributed by atoms with Gasteiger partial charge in [-0.05, 0) is 55.2 Å². The van der Waals surface area contributed by atoms with Gasteiger partial charge in [-0.3, -0.25) is 0 Å². The van der Waals surface area contributed by atoms with Crippen molar-refractivity contribution in [1.82, 2.24) is 15.5 Å². The smallest absolute Gasteiger partial charge is 0.338 e. The third-order valence-corrected chi connectivity index (χ3v) is 4.72. The lowest BCUT2D eigenvalue weighted by Crippen LogP contribution is -2.28. The molecule has 0 bridgehead atoms. The van der Waals surface area contributed by atoms with Gasteiger partial charge in [0, 0.05) is 5.69 Å². The highest BCUT2D eigenvalue weighted by Crippen LogP contribution is 2.21. The van der Waals surface area contributed by atoms with Gasteiger partial charge in [-0.1, -0.05) is 17.3 Å². The molecule has 0 atom stereocenters. The van der Waals surface area contributed by atoms with Gasteiger partial charge in [0.05, 0.1) is 23.6 Å². The molecule has 0 aliphatic carbocycles. The molecular weight excluding hydrogens is 384 g/mol. The summed E-state index contributed by atoms with van der Waals surface area (Å²) < 4.78 is 10.2. The highest BCUT2D eigenvalue weighted by Gasteiger charge is 2.12. The average molecular weight is 403 g/mol. The lowest BCUT2D eigenvalue weighted by Gasteiger charge is -2.12. The fourth-order valence-corrected chi connectivity index (χ4v) is 3.08. The number of anilines is 1. The van der Waals surface area contributed by atoms with E-state index in [9.17, 15) is 4.79 Å². The van der Waals surface area contributed by atoms with Crippen LogP contribution < -0.4 is 10.6 Å². The summed E-state index contributed by atoms with van der Waals surface area (Å²) in [5, 5.41) is 12.4. The zero-order valence-corrected chi connectivity index (χ0v) is 16.4. The van der Waals surface area contributed by atoms with Crippen LogP contribution in [0.25, 0.3) is 10.7 Å². The first-order valence-electron chi connectivity index (χ1n) is 8.26. The molecule has 3 rings (SSSR count). The number of hydrogen-bond donors (Lipinski definition) is 2. The van der Waals surface area contributed by atoms with Crippen LogP contribution >= 0.6 is 23.6 Å². The minimum atomic E-state index is -0.369. The van der Waals surface area contributed by atoms with Gasteiger partial charge in [0.25, 0.3) is 0 Å². The van der Waals surface area contributed by atoms with Gasteiger partial charge in [-0.2, -0.15) is 4.98 Å². The molecule has 0 saturated carbocycles.